The average molecular weight is 645 g/mol. The van der Waals surface area contributed by atoms with Gasteiger partial charge in [-0.25, -0.2) is 21.5 Å². The molecule has 0 aliphatic heterocycles. The van der Waals surface area contributed by atoms with Crippen molar-refractivity contribution in [2.45, 2.75) is 16.7 Å². The number of hydrogen-bond acceptors (Lipinski definition) is 13. The van der Waals surface area contributed by atoms with Crippen molar-refractivity contribution in [3.63, 3.8) is 0 Å². The number of hydrogen-bond donors (Lipinski definition) is 2. The van der Waals surface area contributed by atoms with Crippen LogP contribution in [0.1, 0.15) is 5.69 Å². The minimum Gasteiger partial charge on any atom is -0.744 e. The second-order valence-corrected chi connectivity index (χ2v) is 10.7. The number of aromatic amines is 1. The molecule has 0 unspecified atom stereocenters. The van der Waals surface area contributed by atoms with Crippen LogP contribution in [-0.2, 0) is 20.2 Å². The maximum absolute atomic E-state index is 12.9. The second kappa shape index (κ2) is 13.5. The molecule has 0 spiro atoms. The van der Waals surface area contributed by atoms with E-state index in [2.05, 4.69) is 35.6 Å². The van der Waals surface area contributed by atoms with Crippen molar-refractivity contribution in [3.8, 4) is 5.69 Å². The Balaban J connectivity index is 0.00000280. The van der Waals surface area contributed by atoms with E-state index < -0.39 is 35.6 Å². The predicted molar refractivity (Wildman–Crippen MR) is 131 cm³/mol. The monoisotopic (exact) mass is 644 g/mol. The van der Waals surface area contributed by atoms with Crippen molar-refractivity contribution in [2.24, 2.45) is 10.2 Å². The molecule has 21 heteroatoms. The number of nitrogens with zero attached hydrogens (tertiary/aromatic N) is 6. The zero-order valence-electron chi connectivity index (χ0n) is 20.7. The Labute approximate surface area is 280 Å². The van der Waals surface area contributed by atoms with E-state index in [1.54, 1.807) is 0 Å². The van der Waals surface area contributed by atoms with E-state index in [1.807, 2.05) is 0 Å². The van der Waals surface area contributed by atoms with E-state index in [4.69, 9.17) is 23.2 Å². The molecular formula is C19H12Cl2N8Na2O7S2. The number of aromatic nitrogens is 5. The fraction of sp³-hybridized carbons (Fsp3) is 0.0526. The van der Waals surface area contributed by atoms with Gasteiger partial charge in [0.05, 0.1) is 21.2 Å². The van der Waals surface area contributed by atoms with Crippen LogP contribution in [0.15, 0.2) is 67.3 Å². The number of rotatable bonds is 7. The number of benzene rings is 2. The van der Waals surface area contributed by atoms with Gasteiger partial charge in [-0.2, -0.15) is 15.0 Å². The van der Waals surface area contributed by atoms with Crippen LogP contribution in [0, 0.1) is 6.92 Å². The molecule has 0 aliphatic carbocycles. The van der Waals surface area contributed by atoms with Crippen LogP contribution >= 0.6 is 23.2 Å². The average Bonchev–Trinajstić information content (AvgIpc) is 3.09. The second-order valence-electron chi connectivity index (χ2n) is 7.34. The first-order valence-corrected chi connectivity index (χ1v) is 13.5. The molecule has 15 nitrogen and oxygen atoms in total. The minimum atomic E-state index is -5.07. The summed E-state index contributed by atoms with van der Waals surface area (Å²) in [4.78, 5) is 22.7. The quantitative estimate of drug-likeness (QED) is 0.117. The zero-order chi connectivity index (χ0) is 27.8. The Morgan fingerprint density at radius 1 is 0.925 bits per heavy atom. The Morgan fingerprint density at radius 2 is 1.57 bits per heavy atom. The Morgan fingerprint density at radius 3 is 2.17 bits per heavy atom. The third kappa shape index (κ3) is 8.17. The number of anilines is 2. The molecule has 0 aliphatic rings. The first-order chi connectivity index (χ1) is 17.7. The molecule has 0 bridgehead atoms. The summed E-state index contributed by atoms with van der Waals surface area (Å²) in [6, 6.07) is 8.11. The van der Waals surface area contributed by atoms with Gasteiger partial charge in [-0.1, -0.05) is 6.07 Å². The SMILES string of the molecule is Cc1[nH]n(-c2cccc(S(=O)(=O)[O-])c2)c(=O)c1N=Nc1ccc(Nc2nc(Cl)nc(Cl)n2)cc1S(=O)(=O)[O-].[Na+].[Na+]. The van der Waals surface area contributed by atoms with Gasteiger partial charge in [-0.05, 0) is 66.5 Å². The van der Waals surface area contributed by atoms with E-state index in [-0.39, 0.29) is 104 Å². The van der Waals surface area contributed by atoms with Crippen LogP contribution < -0.4 is 70.0 Å². The van der Waals surface area contributed by atoms with Crippen molar-refractivity contribution in [1.82, 2.24) is 24.7 Å². The molecule has 0 fully saturated rings. The molecule has 2 heterocycles. The largest absolute Gasteiger partial charge is 1.00 e. The van der Waals surface area contributed by atoms with Gasteiger partial charge >= 0.3 is 59.1 Å². The summed E-state index contributed by atoms with van der Waals surface area (Å²) in [7, 11) is -9.85. The minimum absolute atomic E-state index is 0. The van der Waals surface area contributed by atoms with E-state index in [0.29, 0.717) is 0 Å². The van der Waals surface area contributed by atoms with Crippen molar-refractivity contribution in [2.75, 3.05) is 5.32 Å². The summed E-state index contributed by atoms with van der Waals surface area (Å²) in [5, 5.41) is 12.4. The Hall–Kier alpha value is -1.74. The van der Waals surface area contributed by atoms with Gasteiger partial charge in [0.1, 0.15) is 25.9 Å². The molecule has 2 aromatic carbocycles. The van der Waals surface area contributed by atoms with Gasteiger partial charge in [0.15, 0.2) is 5.69 Å². The summed E-state index contributed by atoms with van der Waals surface area (Å²) in [6.45, 7) is 1.45. The summed E-state index contributed by atoms with van der Waals surface area (Å²) in [6.07, 6.45) is 0. The molecule has 2 N–H and O–H groups in total. The van der Waals surface area contributed by atoms with Gasteiger partial charge in [-0.3, -0.25) is 9.89 Å². The summed E-state index contributed by atoms with van der Waals surface area (Å²) in [5.74, 6) is -0.129. The first kappa shape index (κ1) is 34.5. The topological polar surface area (TPSA) is 228 Å². The van der Waals surface area contributed by atoms with Gasteiger partial charge in [0, 0.05) is 5.69 Å². The van der Waals surface area contributed by atoms with Gasteiger partial charge in [0.25, 0.3) is 5.56 Å². The van der Waals surface area contributed by atoms with Crippen molar-refractivity contribution < 1.29 is 85.1 Å². The number of azo groups is 1. The van der Waals surface area contributed by atoms with Crippen LogP contribution in [0.25, 0.3) is 5.69 Å². The predicted octanol–water partition coefficient (Wildman–Crippen LogP) is -3.06. The zero-order valence-corrected chi connectivity index (χ0v) is 27.8. The Bertz CT molecular complexity index is 1860. The first-order valence-electron chi connectivity index (χ1n) is 9.96. The molecule has 0 radical (unpaired) electrons. The third-order valence-corrected chi connectivity index (χ3v) is 6.76. The van der Waals surface area contributed by atoms with E-state index in [9.17, 15) is 30.7 Å². The molecule has 40 heavy (non-hydrogen) atoms. The molecule has 0 saturated heterocycles. The summed E-state index contributed by atoms with van der Waals surface area (Å²) in [5.41, 5.74) is -1.20. The maximum atomic E-state index is 12.9. The smallest absolute Gasteiger partial charge is 0.744 e. The van der Waals surface area contributed by atoms with E-state index in [0.717, 1.165) is 28.9 Å². The molecule has 0 saturated carbocycles. The third-order valence-electron chi connectivity index (χ3n) is 4.73. The molecular weight excluding hydrogens is 633 g/mol. The van der Waals surface area contributed by atoms with Crippen LogP contribution in [0.5, 0.6) is 0 Å². The standard InChI is InChI=1S/C19H14Cl2N8O7S2.2Na/c1-9-15(16(30)29(28-9)11-3-2-4-12(8-11)37(31,32)33)27-26-13-6-5-10(7-14(13)38(34,35)36)22-19-24-17(20)23-18(21)25-19;;/h2-8,28H,1H3,(H,31,32,33)(H,34,35,36)(H,22,23,24,25);;/q;2*+1/p-2. The van der Waals surface area contributed by atoms with Crippen LogP contribution in [0.4, 0.5) is 23.0 Å². The molecule has 2 aromatic heterocycles. The number of nitrogens with one attached hydrogen (secondary N) is 2. The number of halogens is 2. The molecule has 4 rings (SSSR count). The van der Waals surface area contributed by atoms with Gasteiger partial charge < -0.3 is 14.4 Å². The Kier molecular flexibility index (Phi) is 11.6. The van der Waals surface area contributed by atoms with E-state index in [1.165, 1.54) is 25.1 Å². The molecule has 4 aromatic rings. The van der Waals surface area contributed by atoms with Crippen LogP contribution in [0.2, 0.25) is 10.6 Å². The van der Waals surface area contributed by atoms with Crippen molar-refractivity contribution in [1.29, 1.82) is 0 Å². The van der Waals surface area contributed by atoms with Crippen LogP contribution in [0.3, 0.4) is 0 Å². The molecule has 0 atom stereocenters. The fourth-order valence-electron chi connectivity index (χ4n) is 3.10. The summed E-state index contributed by atoms with van der Waals surface area (Å²) >= 11 is 11.4. The van der Waals surface area contributed by atoms with Gasteiger partial charge in [0.2, 0.25) is 16.5 Å². The van der Waals surface area contributed by atoms with Crippen molar-refractivity contribution >= 4 is 66.4 Å². The van der Waals surface area contributed by atoms with E-state index >= 15 is 0 Å². The normalized spacial score (nSPS) is 11.6. The molecule has 198 valence electrons. The number of aryl methyl sites for hydroxylation is 1. The maximum Gasteiger partial charge on any atom is 1.00 e. The van der Waals surface area contributed by atoms with Crippen LogP contribution in [-0.4, -0.2) is 50.7 Å². The van der Waals surface area contributed by atoms with Gasteiger partial charge in [-0.15, -0.1) is 10.2 Å². The van der Waals surface area contributed by atoms with Crippen molar-refractivity contribution in [3.05, 3.63) is 69.1 Å². The molecule has 0 amide bonds. The fourth-order valence-corrected chi connectivity index (χ4v) is 4.62. The number of H-pyrrole nitrogens is 1. The summed E-state index contributed by atoms with van der Waals surface area (Å²) < 4.78 is 70.6.